The summed E-state index contributed by atoms with van der Waals surface area (Å²) >= 11 is 1.42. The molecule has 8 heteroatoms. The molecule has 2 amide bonds. The van der Waals surface area contributed by atoms with Gasteiger partial charge in [-0.2, -0.15) is 0 Å². The molecular formula is C20H22N2O5S. The molecule has 0 bridgehead atoms. The number of nitrogens with zero attached hydrogens (tertiary/aromatic N) is 1. The molecule has 1 aliphatic rings. The first kappa shape index (κ1) is 20.0. The fraction of sp³-hybridized carbons (Fsp3) is 0.350. The Balaban J connectivity index is 1.59. The maximum Gasteiger partial charge on any atom is 0.330 e. The van der Waals surface area contributed by atoms with Gasteiger partial charge in [-0.05, 0) is 30.2 Å². The van der Waals surface area contributed by atoms with Crippen LogP contribution in [0.2, 0.25) is 0 Å². The quantitative estimate of drug-likeness (QED) is 0.748. The highest BCUT2D eigenvalue weighted by Gasteiger charge is 2.43. The minimum atomic E-state index is -0.756. The van der Waals surface area contributed by atoms with E-state index >= 15 is 0 Å². The van der Waals surface area contributed by atoms with Gasteiger partial charge in [-0.15, -0.1) is 11.8 Å². The summed E-state index contributed by atoms with van der Waals surface area (Å²) in [6, 6.07) is 10.2. The molecule has 2 atom stereocenters. The minimum absolute atomic E-state index is 0.255. The summed E-state index contributed by atoms with van der Waals surface area (Å²) in [6.07, 6.45) is 2.30. The normalized spacial score (nSPS) is 18.7. The van der Waals surface area contributed by atoms with Crippen LogP contribution in [0.4, 0.5) is 5.69 Å². The van der Waals surface area contributed by atoms with Gasteiger partial charge in [0.2, 0.25) is 5.91 Å². The lowest BCUT2D eigenvalue weighted by atomic mass is 10.1. The largest absolute Gasteiger partial charge is 0.466 e. The molecule has 2 aromatic rings. The van der Waals surface area contributed by atoms with Gasteiger partial charge in [-0.1, -0.05) is 25.1 Å². The summed E-state index contributed by atoms with van der Waals surface area (Å²) in [7, 11) is 0. The van der Waals surface area contributed by atoms with Crippen LogP contribution < -0.4 is 5.32 Å². The van der Waals surface area contributed by atoms with E-state index in [0.29, 0.717) is 17.2 Å². The summed E-state index contributed by atoms with van der Waals surface area (Å²) in [4.78, 5) is 38.2. The Kier molecular flexibility index (Phi) is 6.41. The fourth-order valence-corrected chi connectivity index (χ4v) is 4.51. The average Bonchev–Trinajstić information content (AvgIpc) is 3.35. The van der Waals surface area contributed by atoms with Crippen molar-refractivity contribution in [1.82, 2.24) is 4.90 Å². The van der Waals surface area contributed by atoms with E-state index < -0.39 is 24.5 Å². The number of nitrogens with one attached hydrogen (secondary N) is 1. The molecule has 1 aromatic carbocycles. The Labute approximate surface area is 167 Å². The van der Waals surface area contributed by atoms with Gasteiger partial charge in [0.15, 0.2) is 6.61 Å². The zero-order valence-corrected chi connectivity index (χ0v) is 16.5. The molecule has 28 heavy (non-hydrogen) atoms. The van der Waals surface area contributed by atoms with E-state index in [1.54, 1.807) is 18.2 Å². The van der Waals surface area contributed by atoms with Crippen LogP contribution in [0.1, 0.15) is 30.5 Å². The van der Waals surface area contributed by atoms with Gasteiger partial charge in [-0.3, -0.25) is 9.59 Å². The van der Waals surface area contributed by atoms with Crippen LogP contribution in [0.25, 0.3) is 0 Å². The number of hydrogen-bond donors (Lipinski definition) is 1. The number of para-hydroxylation sites is 1. The molecule has 1 aliphatic heterocycles. The number of anilines is 1. The molecule has 0 spiro atoms. The van der Waals surface area contributed by atoms with E-state index in [2.05, 4.69) is 5.32 Å². The number of carbonyl (C=O) groups is 3. The van der Waals surface area contributed by atoms with Gasteiger partial charge >= 0.3 is 5.97 Å². The lowest BCUT2D eigenvalue weighted by Crippen LogP contribution is -2.43. The van der Waals surface area contributed by atoms with Gasteiger partial charge in [0.1, 0.15) is 17.2 Å². The smallest absolute Gasteiger partial charge is 0.330 e. The van der Waals surface area contributed by atoms with E-state index in [9.17, 15) is 14.4 Å². The molecule has 1 aromatic heterocycles. The third-order valence-corrected chi connectivity index (χ3v) is 5.72. The summed E-state index contributed by atoms with van der Waals surface area (Å²) in [5, 5.41) is 2.38. The molecule has 0 aliphatic carbocycles. The first-order chi connectivity index (χ1) is 13.5. The number of esters is 1. The SMILES string of the molecule is CCc1ccccc1NC(=O)COC(=O)[C@@H]1CS[C@@H](c2ccco2)N1C(C)=O. The predicted molar refractivity (Wildman–Crippen MR) is 106 cm³/mol. The lowest BCUT2D eigenvalue weighted by Gasteiger charge is -2.25. The zero-order chi connectivity index (χ0) is 20.1. The third kappa shape index (κ3) is 4.39. The molecule has 148 valence electrons. The number of thioether (sulfide) groups is 1. The second kappa shape index (κ2) is 8.97. The van der Waals surface area contributed by atoms with Gasteiger partial charge in [0, 0.05) is 18.4 Å². The zero-order valence-electron chi connectivity index (χ0n) is 15.7. The summed E-state index contributed by atoms with van der Waals surface area (Å²) < 4.78 is 10.6. The van der Waals surface area contributed by atoms with E-state index in [1.165, 1.54) is 29.8 Å². The van der Waals surface area contributed by atoms with Gasteiger partial charge < -0.3 is 19.4 Å². The number of benzene rings is 1. The van der Waals surface area contributed by atoms with Gasteiger partial charge in [0.05, 0.1) is 6.26 Å². The number of furan rings is 1. The van der Waals surface area contributed by atoms with Crippen molar-refractivity contribution in [1.29, 1.82) is 0 Å². The van der Waals surface area contributed by atoms with Crippen molar-refractivity contribution in [2.75, 3.05) is 17.7 Å². The highest BCUT2D eigenvalue weighted by Crippen LogP contribution is 2.41. The van der Waals surface area contributed by atoms with Crippen LogP contribution >= 0.6 is 11.8 Å². The second-order valence-electron chi connectivity index (χ2n) is 6.31. The van der Waals surface area contributed by atoms with E-state index in [1.807, 2.05) is 25.1 Å². The van der Waals surface area contributed by atoms with E-state index in [4.69, 9.17) is 9.15 Å². The lowest BCUT2D eigenvalue weighted by molar-refractivity contribution is -0.155. The molecule has 2 heterocycles. The Morgan fingerprint density at radius 2 is 2.04 bits per heavy atom. The maximum absolute atomic E-state index is 12.5. The third-order valence-electron chi connectivity index (χ3n) is 4.44. The van der Waals surface area contributed by atoms with Gasteiger partial charge in [0.25, 0.3) is 5.91 Å². The minimum Gasteiger partial charge on any atom is -0.466 e. The molecular weight excluding hydrogens is 380 g/mol. The van der Waals surface area contributed by atoms with Crippen LogP contribution in [-0.4, -0.2) is 41.1 Å². The summed E-state index contributed by atoms with van der Waals surface area (Å²) in [6.45, 7) is 2.99. The summed E-state index contributed by atoms with van der Waals surface area (Å²) in [5.41, 5.74) is 1.70. The molecule has 0 saturated carbocycles. The first-order valence-corrected chi connectivity index (χ1v) is 10.0. The van der Waals surface area contributed by atoms with Crippen molar-refractivity contribution in [2.45, 2.75) is 31.7 Å². The number of rotatable bonds is 6. The average molecular weight is 402 g/mol. The van der Waals surface area contributed by atoms with Crippen LogP contribution in [0.15, 0.2) is 47.1 Å². The first-order valence-electron chi connectivity index (χ1n) is 8.99. The van der Waals surface area contributed by atoms with Crippen molar-refractivity contribution in [3.63, 3.8) is 0 Å². The molecule has 1 saturated heterocycles. The van der Waals surface area contributed by atoms with Crippen LogP contribution in [0, 0.1) is 0 Å². The fourth-order valence-electron chi connectivity index (χ4n) is 3.09. The number of hydrogen-bond acceptors (Lipinski definition) is 6. The monoisotopic (exact) mass is 402 g/mol. The van der Waals surface area contributed by atoms with Crippen LogP contribution in [0.3, 0.4) is 0 Å². The molecule has 3 rings (SSSR count). The Hall–Kier alpha value is -2.74. The number of amides is 2. The van der Waals surface area contributed by atoms with Crippen molar-refractivity contribution in [3.8, 4) is 0 Å². The molecule has 0 radical (unpaired) electrons. The molecule has 1 fully saturated rings. The maximum atomic E-state index is 12.5. The molecule has 7 nitrogen and oxygen atoms in total. The molecule has 1 N–H and O–H groups in total. The predicted octanol–water partition coefficient (Wildman–Crippen LogP) is 2.99. The topological polar surface area (TPSA) is 88.8 Å². The highest BCUT2D eigenvalue weighted by atomic mass is 32.2. The molecule has 0 unspecified atom stereocenters. The van der Waals surface area contributed by atoms with Crippen LogP contribution in [-0.2, 0) is 25.5 Å². The van der Waals surface area contributed by atoms with Crippen molar-refractivity contribution in [2.24, 2.45) is 0 Å². The Morgan fingerprint density at radius 1 is 1.25 bits per heavy atom. The Morgan fingerprint density at radius 3 is 2.71 bits per heavy atom. The second-order valence-corrected chi connectivity index (χ2v) is 7.42. The van der Waals surface area contributed by atoms with Crippen LogP contribution in [0.5, 0.6) is 0 Å². The Bertz CT molecular complexity index is 852. The summed E-state index contributed by atoms with van der Waals surface area (Å²) in [5.74, 6) is -0.295. The number of aryl methyl sites for hydroxylation is 1. The standard InChI is InChI=1S/C20H22N2O5S/c1-3-14-7-4-5-8-15(14)21-18(24)11-27-20(25)16-12-28-19(22(16)13(2)23)17-9-6-10-26-17/h4-10,16,19H,3,11-12H2,1-2H3,(H,21,24)/t16-,19-/m0/s1. The number of carbonyl (C=O) groups excluding carboxylic acids is 3. The van der Waals surface area contributed by atoms with E-state index in [-0.39, 0.29) is 11.3 Å². The van der Waals surface area contributed by atoms with Gasteiger partial charge in [-0.25, -0.2) is 4.79 Å². The van der Waals surface area contributed by atoms with Crippen molar-refractivity contribution in [3.05, 3.63) is 54.0 Å². The number of ether oxygens (including phenoxy) is 1. The highest BCUT2D eigenvalue weighted by molar-refractivity contribution is 7.99. The van der Waals surface area contributed by atoms with E-state index in [0.717, 1.165) is 12.0 Å². The van der Waals surface area contributed by atoms with Crippen molar-refractivity contribution < 1.29 is 23.5 Å². The van der Waals surface area contributed by atoms with Crippen molar-refractivity contribution >= 4 is 35.2 Å².